The van der Waals surface area contributed by atoms with Crippen molar-refractivity contribution in [1.82, 2.24) is 5.32 Å². The predicted molar refractivity (Wildman–Crippen MR) is 71.2 cm³/mol. The molecule has 0 radical (unpaired) electrons. The number of esters is 1. The van der Waals surface area contributed by atoms with Crippen molar-refractivity contribution < 1.29 is 19.1 Å². The van der Waals surface area contributed by atoms with Crippen LogP contribution in [0.2, 0.25) is 0 Å². The summed E-state index contributed by atoms with van der Waals surface area (Å²) in [5.74, 6) is -0.0283. The monoisotopic (exact) mass is 265 g/mol. The van der Waals surface area contributed by atoms with Gasteiger partial charge in [0.15, 0.2) is 6.61 Å². The van der Waals surface area contributed by atoms with Crippen LogP contribution in [0.15, 0.2) is 24.3 Å². The summed E-state index contributed by atoms with van der Waals surface area (Å²) in [6, 6.07) is 6.57. The smallest absolute Gasteiger partial charge is 0.337 e. The third-order valence-corrected chi connectivity index (χ3v) is 2.67. The van der Waals surface area contributed by atoms with Gasteiger partial charge in [-0.3, -0.25) is 4.79 Å². The lowest BCUT2D eigenvalue weighted by atomic mass is 10.2. The molecule has 0 heterocycles. The molecule has 1 aromatic carbocycles. The normalized spacial score (nSPS) is 11.5. The Morgan fingerprint density at radius 3 is 2.42 bits per heavy atom. The number of carbonyl (C=O) groups excluding carboxylic acids is 2. The zero-order valence-corrected chi connectivity index (χ0v) is 11.4. The van der Waals surface area contributed by atoms with Crippen LogP contribution < -0.4 is 10.1 Å². The van der Waals surface area contributed by atoms with E-state index in [0.29, 0.717) is 11.3 Å². The van der Waals surface area contributed by atoms with E-state index in [1.54, 1.807) is 24.3 Å². The first-order valence-electron chi connectivity index (χ1n) is 6.17. The summed E-state index contributed by atoms with van der Waals surface area (Å²) >= 11 is 0. The average molecular weight is 265 g/mol. The molecule has 1 rings (SSSR count). The number of methoxy groups -OCH3 is 1. The van der Waals surface area contributed by atoms with Crippen LogP contribution in [0.5, 0.6) is 5.75 Å². The largest absolute Gasteiger partial charge is 0.484 e. The first-order valence-corrected chi connectivity index (χ1v) is 6.17. The molecule has 0 fully saturated rings. The summed E-state index contributed by atoms with van der Waals surface area (Å²) < 4.78 is 9.90. The van der Waals surface area contributed by atoms with Gasteiger partial charge in [-0.1, -0.05) is 6.92 Å². The number of nitrogens with one attached hydrogen (secondary N) is 1. The van der Waals surface area contributed by atoms with E-state index in [4.69, 9.17) is 4.74 Å². The van der Waals surface area contributed by atoms with Gasteiger partial charge in [-0.25, -0.2) is 4.79 Å². The molecular formula is C14H19NO4. The summed E-state index contributed by atoms with van der Waals surface area (Å²) in [5.41, 5.74) is 0.443. The zero-order chi connectivity index (χ0) is 14.3. The first kappa shape index (κ1) is 15.0. The predicted octanol–water partition coefficient (Wildman–Crippen LogP) is 1.77. The highest BCUT2D eigenvalue weighted by atomic mass is 16.5. The number of benzene rings is 1. The van der Waals surface area contributed by atoms with Crippen LogP contribution >= 0.6 is 0 Å². The molecule has 1 N–H and O–H groups in total. The quantitative estimate of drug-likeness (QED) is 0.796. The highest BCUT2D eigenvalue weighted by molar-refractivity contribution is 5.89. The SMILES string of the molecule is CCC(C)NC(=O)COc1ccc(C(=O)OC)cc1. The van der Waals surface area contributed by atoms with Crippen LogP contribution in [0.1, 0.15) is 30.6 Å². The fourth-order valence-corrected chi connectivity index (χ4v) is 1.37. The maximum atomic E-state index is 11.5. The van der Waals surface area contributed by atoms with Crippen LogP contribution in [0.3, 0.4) is 0 Å². The van der Waals surface area contributed by atoms with Crippen molar-refractivity contribution in [3.63, 3.8) is 0 Å². The van der Waals surface area contributed by atoms with Gasteiger partial charge in [0.2, 0.25) is 0 Å². The molecule has 0 saturated carbocycles. The van der Waals surface area contributed by atoms with Crippen molar-refractivity contribution in [3.8, 4) is 5.75 Å². The summed E-state index contributed by atoms with van der Waals surface area (Å²) in [6.45, 7) is 3.89. The van der Waals surface area contributed by atoms with E-state index < -0.39 is 5.97 Å². The Morgan fingerprint density at radius 1 is 1.26 bits per heavy atom. The van der Waals surface area contributed by atoms with Gasteiger partial charge in [0.05, 0.1) is 12.7 Å². The number of hydrogen-bond donors (Lipinski definition) is 1. The van der Waals surface area contributed by atoms with Gasteiger partial charge < -0.3 is 14.8 Å². The highest BCUT2D eigenvalue weighted by Crippen LogP contribution is 2.12. The van der Waals surface area contributed by atoms with Gasteiger partial charge in [0.1, 0.15) is 5.75 Å². The van der Waals surface area contributed by atoms with Crippen molar-refractivity contribution >= 4 is 11.9 Å². The molecule has 0 bridgehead atoms. The Bertz CT molecular complexity index is 428. The summed E-state index contributed by atoms with van der Waals surface area (Å²) in [7, 11) is 1.33. The fraction of sp³-hybridized carbons (Fsp3) is 0.429. The molecule has 0 aliphatic carbocycles. The third kappa shape index (κ3) is 4.99. The summed E-state index contributed by atoms with van der Waals surface area (Å²) in [4.78, 5) is 22.7. The van der Waals surface area contributed by atoms with E-state index in [9.17, 15) is 9.59 Å². The van der Waals surface area contributed by atoms with Crippen LogP contribution in [0.25, 0.3) is 0 Å². The standard InChI is InChI=1S/C14H19NO4/c1-4-10(2)15-13(16)9-19-12-7-5-11(6-8-12)14(17)18-3/h5-8,10H,4,9H2,1-3H3,(H,15,16). The van der Waals surface area contributed by atoms with Gasteiger partial charge in [-0.2, -0.15) is 0 Å². The zero-order valence-electron chi connectivity index (χ0n) is 11.4. The minimum Gasteiger partial charge on any atom is -0.484 e. The molecule has 0 aliphatic heterocycles. The number of amides is 1. The molecule has 0 spiro atoms. The Labute approximate surface area is 112 Å². The van der Waals surface area contributed by atoms with E-state index in [1.807, 2.05) is 13.8 Å². The maximum absolute atomic E-state index is 11.5. The second kappa shape index (κ2) is 7.41. The van der Waals surface area contributed by atoms with Crippen molar-refractivity contribution in [2.75, 3.05) is 13.7 Å². The Hall–Kier alpha value is -2.04. The second-order valence-corrected chi connectivity index (χ2v) is 4.18. The van der Waals surface area contributed by atoms with Gasteiger partial charge in [-0.05, 0) is 37.6 Å². The second-order valence-electron chi connectivity index (χ2n) is 4.18. The number of rotatable bonds is 6. The van der Waals surface area contributed by atoms with Crippen LogP contribution in [-0.4, -0.2) is 31.6 Å². The minimum absolute atomic E-state index is 0.0398. The van der Waals surface area contributed by atoms with E-state index in [-0.39, 0.29) is 18.6 Å². The highest BCUT2D eigenvalue weighted by Gasteiger charge is 2.07. The average Bonchev–Trinajstić information content (AvgIpc) is 2.44. The topological polar surface area (TPSA) is 64.6 Å². The Balaban J connectivity index is 2.46. The minimum atomic E-state index is -0.402. The summed E-state index contributed by atoms with van der Waals surface area (Å²) in [6.07, 6.45) is 0.875. The van der Waals surface area contributed by atoms with E-state index >= 15 is 0 Å². The van der Waals surface area contributed by atoms with Gasteiger partial charge in [0.25, 0.3) is 5.91 Å². The number of carbonyl (C=O) groups is 2. The molecule has 5 heteroatoms. The lowest BCUT2D eigenvalue weighted by molar-refractivity contribution is -0.123. The number of hydrogen-bond acceptors (Lipinski definition) is 4. The molecule has 0 aliphatic rings. The van der Waals surface area contributed by atoms with Crippen LogP contribution in [0.4, 0.5) is 0 Å². The number of ether oxygens (including phenoxy) is 2. The molecule has 104 valence electrons. The molecule has 1 unspecified atom stereocenters. The van der Waals surface area contributed by atoms with Crippen molar-refractivity contribution in [2.45, 2.75) is 26.3 Å². The summed E-state index contributed by atoms with van der Waals surface area (Å²) in [5, 5.41) is 2.80. The van der Waals surface area contributed by atoms with E-state index in [0.717, 1.165) is 6.42 Å². The molecule has 5 nitrogen and oxygen atoms in total. The van der Waals surface area contributed by atoms with Crippen LogP contribution in [0, 0.1) is 0 Å². The lowest BCUT2D eigenvalue weighted by Crippen LogP contribution is -2.35. The van der Waals surface area contributed by atoms with Gasteiger partial charge >= 0.3 is 5.97 Å². The Morgan fingerprint density at radius 2 is 1.89 bits per heavy atom. The van der Waals surface area contributed by atoms with Crippen molar-refractivity contribution in [1.29, 1.82) is 0 Å². The van der Waals surface area contributed by atoms with Crippen molar-refractivity contribution in [3.05, 3.63) is 29.8 Å². The van der Waals surface area contributed by atoms with Crippen molar-refractivity contribution in [2.24, 2.45) is 0 Å². The molecule has 0 saturated heterocycles. The molecule has 1 amide bonds. The molecule has 1 atom stereocenters. The maximum Gasteiger partial charge on any atom is 0.337 e. The molecule has 0 aromatic heterocycles. The molecule has 19 heavy (non-hydrogen) atoms. The van der Waals surface area contributed by atoms with Gasteiger partial charge in [-0.15, -0.1) is 0 Å². The van der Waals surface area contributed by atoms with Gasteiger partial charge in [0, 0.05) is 6.04 Å². The van der Waals surface area contributed by atoms with E-state index in [1.165, 1.54) is 7.11 Å². The lowest BCUT2D eigenvalue weighted by Gasteiger charge is -2.12. The first-order chi connectivity index (χ1) is 9.06. The fourth-order valence-electron chi connectivity index (χ4n) is 1.37. The van der Waals surface area contributed by atoms with E-state index in [2.05, 4.69) is 10.1 Å². The van der Waals surface area contributed by atoms with Crippen LogP contribution in [-0.2, 0) is 9.53 Å². The third-order valence-electron chi connectivity index (χ3n) is 2.67. The Kier molecular flexibility index (Phi) is 5.85. The molecule has 1 aromatic rings. The molecular weight excluding hydrogens is 246 g/mol.